The highest BCUT2D eigenvalue weighted by molar-refractivity contribution is 5.76. The summed E-state index contributed by atoms with van der Waals surface area (Å²) in [5.74, 6) is -0.330. The number of nitrogens with zero attached hydrogens (tertiary/aromatic N) is 2. The Hall–Kier alpha value is -1.49. The lowest BCUT2D eigenvalue weighted by Crippen LogP contribution is -2.25. The van der Waals surface area contributed by atoms with Crippen LogP contribution in [-0.4, -0.2) is 22.1 Å². The summed E-state index contributed by atoms with van der Waals surface area (Å²) in [5, 5.41) is 3.38. The lowest BCUT2D eigenvalue weighted by molar-refractivity contribution is 0.570. The molecule has 1 fully saturated rings. The van der Waals surface area contributed by atoms with Crippen molar-refractivity contribution in [2.45, 2.75) is 25.3 Å². The molecule has 1 aromatic carbocycles. The summed E-state index contributed by atoms with van der Waals surface area (Å²) in [7, 11) is 1.78. The van der Waals surface area contributed by atoms with Crippen LogP contribution >= 0.6 is 0 Å². The molecule has 2 aromatic rings. The van der Waals surface area contributed by atoms with E-state index in [1.165, 1.54) is 6.07 Å². The first-order valence-electron chi connectivity index (χ1n) is 6.19. The molecular weight excluding hydrogens is 236 g/mol. The molecule has 0 aliphatic carbocycles. The number of aromatic nitrogens is 2. The van der Waals surface area contributed by atoms with Crippen molar-refractivity contribution in [1.29, 1.82) is 0 Å². The molecule has 5 heteroatoms. The Morgan fingerprint density at radius 1 is 1.44 bits per heavy atom. The van der Waals surface area contributed by atoms with Gasteiger partial charge < -0.3 is 9.88 Å². The molecule has 0 bridgehead atoms. The van der Waals surface area contributed by atoms with Gasteiger partial charge in [0.25, 0.3) is 0 Å². The maximum Gasteiger partial charge on any atom is 0.152 e. The topological polar surface area (TPSA) is 29.9 Å². The first-order chi connectivity index (χ1) is 8.65. The highest BCUT2D eigenvalue weighted by Gasteiger charge is 2.19. The third-order valence-electron chi connectivity index (χ3n) is 3.57. The molecule has 96 valence electrons. The molecular formula is C13H15F2N3. The predicted octanol–water partition coefficient (Wildman–Crippen LogP) is 2.15. The molecule has 1 aromatic heterocycles. The van der Waals surface area contributed by atoms with Gasteiger partial charge in [-0.3, -0.25) is 0 Å². The van der Waals surface area contributed by atoms with E-state index in [0.717, 1.165) is 37.7 Å². The van der Waals surface area contributed by atoms with Crippen molar-refractivity contribution in [3.8, 4) is 0 Å². The van der Waals surface area contributed by atoms with E-state index < -0.39 is 11.6 Å². The second-order valence-corrected chi connectivity index (χ2v) is 4.84. The normalized spacial score (nSPS) is 19.8. The molecule has 18 heavy (non-hydrogen) atoms. The average Bonchev–Trinajstić information content (AvgIpc) is 2.88. The maximum absolute atomic E-state index is 13.7. The number of imidazole rings is 1. The van der Waals surface area contributed by atoms with Crippen LogP contribution in [-0.2, 0) is 13.5 Å². The third kappa shape index (κ3) is 1.88. The van der Waals surface area contributed by atoms with E-state index in [1.54, 1.807) is 11.6 Å². The van der Waals surface area contributed by atoms with E-state index >= 15 is 0 Å². The zero-order chi connectivity index (χ0) is 12.7. The van der Waals surface area contributed by atoms with Gasteiger partial charge in [-0.2, -0.15) is 0 Å². The summed E-state index contributed by atoms with van der Waals surface area (Å²) >= 11 is 0. The molecule has 3 rings (SSSR count). The van der Waals surface area contributed by atoms with Crippen molar-refractivity contribution in [2.24, 2.45) is 7.05 Å². The van der Waals surface area contributed by atoms with Gasteiger partial charge in [0.2, 0.25) is 0 Å². The molecule has 1 aliphatic heterocycles. The van der Waals surface area contributed by atoms with Gasteiger partial charge >= 0.3 is 0 Å². The Morgan fingerprint density at radius 3 is 3.00 bits per heavy atom. The Balaban J connectivity index is 2.02. The smallest absolute Gasteiger partial charge is 0.152 e. The van der Waals surface area contributed by atoms with Gasteiger partial charge in [0, 0.05) is 31.6 Å². The van der Waals surface area contributed by atoms with E-state index in [1.807, 2.05) is 0 Å². The van der Waals surface area contributed by atoms with Crippen molar-refractivity contribution in [3.63, 3.8) is 0 Å². The van der Waals surface area contributed by atoms with Crippen LogP contribution < -0.4 is 5.32 Å². The SMILES string of the molecule is Cn1c(CC2CCCN2)nc2cc(F)cc(F)c21. The number of nitrogens with one attached hydrogen (secondary N) is 1. The molecule has 1 aliphatic rings. The summed E-state index contributed by atoms with van der Waals surface area (Å²) in [6.07, 6.45) is 3.03. The van der Waals surface area contributed by atoms with Crippen LogP contribution in [0.5, 0.6) is 0 Å². The fourth-order valence-corrected chi connectivity index (χ4v) is 2.65. The number of aryl methyl sites for hydroxylation is 1. The lowest BCUT2D eigenvalue weighted by atomic mass is 10.1. The molecule has 0 spiro atoms. The monoisotopic (exact) mass is 251 g/mol. The van der Waals surface area contributed by atoms with Crippen LogP contribution in [0.25, 0.3) is 11.0 Å². The Labute approximate surface area is 104 Å². The van der Waals surface area contributed by atoms with Gasteiger partial charge in [0.1, 0.15) is 17.2 Å². The minimum atomic E-state index is -0.580. The van der Waals surface area contributed by atoms with Crippen molar-refractivity contribution in [3.05, 3.63) is 29.6 Å². The zero-order valence-electron chi connectivity index (χ0n) is 10.2. The van der Waals surface area contributed by atoms with Gasteiger partial charge in [0.15, 0.2) is 5.82 Å². The van der Waals surface area contributed by atoms with Crippen LogP contribution in [0, 0.1) is 11.6 Å². The van der Waals surface area contributed by atoms with Gasteiger partial charge in [-0.15, -0.1) is 0 Å². The quantitative estimate of drug-likeness (QED) is 0.886. The first-order valence-corrected chi connectivity index (χ1v) is 6.19. The summed E-state index contributed by atoms with van der Waals surface area (Å²) in [6, 6.07) is 2.58. The second kappa shape index (κ2) is 4.31. The van der Waals surface area contributed by atoms with Crippen LogP contribution in [0.4, 0.5) is 8.78 Å². The summed E-state index contributed by atoms with van der Waals surface area (Å²) in [6.45, 7) is 1.03. The van der Waals surface area contributed by atoms with Gasteiger partial charge in [-0.1, -0.05) is 0 Å². The minimum absolute atomic E-state index is 0.379. The first kappa shape index (κ1) is 11.6. The standard InChI is InChI=1S/C13H15F2N3/c1-18-12(7-9-3-2-4-16-9)17-11-6-8(14)5-10(15)13(11)18/h5-6,9,16H,2-4,7H2,1H3. The number of hydrogen-bond acceptors (Lipinski definition) is 2. The van der Waals surface area contributed by atoms with E-state index in [0.29, 0.717) is 17.1 Å². The average molecular weight is 251 g/mol. The summed E-state index contributed by atoms with van der Waals surface area (Å²) < 4.78 is 28.6. The van der Waals surface area contributed by atoms with Crippen molar-refractivity contribution < 1.29 is 8.78 Å². The van der Waals surface area contributed by atoms with Crippen molar-refractivity contribution in [2.75, 3.05) is 6.54 Å². The molecule has 1 N–H and O–H groups in total. The minimum Gasteiger partial charge on any atom is -0.329 e. The molecule has 2 heterocycles. The van der Waals surface area contributed by atoms with E-state index in [4.69, 9.17) is 0 Å². The molecule has 0 radical (unpaired) electrons. The van der Waals surface area contributed by atoms with E-state index in [2.05, 4.69) is 10.3 Å². The summed E-state index contributed by atoms with van der Waals surface area (Å²) in [5.41, 5.74) is 0.771. The molecule has 1 unspecified atom stereocenters. The van der Waals surface area contributed by atoms with E-state index in [9.17, 15) is 8.78 Å². The Bertz CT molecular complexity index is 585. The van der Waals surface area contributed by atoms with E-state index in [-0.39, 0.29) is 0 Å². The number of fused-ring (bicyclic) bond motifs is 1. The van der Waals surface area contributed by atoms with Crippen LogP contribution in [0.2, 0.25) is 0 Å². The molecule has 0 saturated carbocycles. The lowest BCUT2D eigenvalue weighted by Gasteiger charge is -2.09. The van der Waals surface area contributed by atoms with Crippen LogP contribution in [0.3, 0.4) is 0 Å². The molecule has 1 atom stereocenters. The molecule has 3 nitrogen and oxygen atoms in total. The predicted molar refractivity (Wildman–Crippen MR) is 65.4 cm³/mol. The van der Waals surface area contributed by atoms with Crippen molar-refractivity contribution >= 4 is 11.0 Å². The van der Waals surface area contributed by atoms with Gasteiger partial charge in [-0.25, -0.2) is 13.8 Å². The number of benzene rings is 1. The number of halogens is 2. The van der Waals surface area contributed by atoms with Gasteiger partial charge in [0.05, 0.1) is 5.52 Å². The Kier molecular flexibility index (Phi) is 2.78. The molecule has 1 saturated heterocycles. The number of hydrogen-bond donors (Lipinski definition) is 1. The van der Waals surface area contributed by atoms with Crippen LogP contribution in [0.1, 0.15) is 18.7 Å². The highest BCUT2D eigenvalue weighted by Crippen LogP contribution is 2.21. The highest BCUT2D eigenvalue weighted by atomic mass is 19.1. The number of rotatable bonds is 2. The van der Waals surface area contributed by atoms with Gasteiger partial charge in [-0.05, 0) is 19.4 Å². The van der Waals surface area contributed by atoms with Crippen molar-refractivity contribution in [1.82, 2.24) is 14.9 Å². The zero-order valence-corrected chi connectivity index (χ0v) is 10.2. The fourth-order valence-electron chi connectivity index (χ4n) is 2.65. The third-order valence-corrected chi connectivity index (χ3v) is 3.57. The molecule has 0 amide bonds. The second-order valence-electron chi connectivity index (χ2n) is 4.84. The maximum atomic E-state index is 13.7. The van der Waals surface area contributed by atoms with Crippen LogP contribution in [0.15, 0.2) is 12.1 Å². The largest absolute Gasteiger partial charge is 0.329 e. The summed E-state index contributed by atoms with van der Waals surface area (Å²) in [4.78, 5) is 4.34. The Morgan fingerprint density at radius 2 is 2.28 bits per heavy atom. The fraction of sp³-hybridized carbons (Fsp3) is 0.462.